The van der Waals surface area contributed by atoms with Crippen molar-refractivity contribution in [2.24, 2.45) is 5.92 Å². The second kappa shape index (κ2) is 10.8. The lowest BCUT2D eigenvalue weighted by Crippen LogP contribution is -2.42. The lowest BCUT2D eigenvalue weighted by atomic mass is 9.97. The van der Waals surface area contributed by atoms with Crippen LogP contribution in [-0.2, 0) is 17.5 Å². The summed E-state index contributed by atoms with van der Waals surface area (Å²) in [6.45, 7) is 10.8. The van der Waals surface area contributed by atoms with Crippen molar-refractivity contribution in [3.05, 3.63) is 51.4 Å². The fourth-order valence-corrected chi connectivity index (χ4v) is 5.00. The van der Waals surface area contributed by atoms with Crippen LogP contribution in [0.4, 0.5) is 23.7 Å². The maximum Gasteiger partial charge on any atom is 0.433 e. The summed E-state index contributed by atoms with van der Waals surface area (Å²) < 4.78 is 48.4. The largest absolute Gasteiger partial charge is 0.444 e. The molecule has 0 bridgehead atoms. The number of nitrogens with zero attached hydrogens (tertiary/aromatic N) is 4. The summed E-state index contributed by atoms with van der Waals surface area (Å²) in [5, 5.41) is 7.67. The number of ether oxygens (including phenoxy) is 1. The number of halogens is 4. The molecular formula is C27H31BrF3N5O3. The number of piperidine rings is 1. The molecule has 3 aromatic rings. The number of fused-ring (bicyclic) bond motifs is 1. The SMILES string of the molecule is Cc1nn(CC2CCN(C(=O)OC(C)(C)C)CC2)c(C)c1NC(=O)c1cc(C(F)(F)F)nc2ccc(Br)cc12. The number of aryl methyl sites for hydroxylation is 1. The smallest absolute Gasteiger partial charge is 0.433 e. The van der Waals surface area contributed by atoms with Crippen molar-refractivity contribution in [3.63, 3.8) is 0 Å². The van der Waals surface area contributed by atoms with Gasteiger partial charge in [0.2, 0.25) is 0 Å². The molecule has 0 aliphatic carbocycles. The molecule has 0 spiro atoms. The van der Waals surface area contributed by atoms with Gasteiger partial charge in [-0.15, -0.1) is 0 Å². The standard InChI is InChI=1S/C27H31BrF3N5O3/c1-15-23(16(2)36(34-15)14-17-8-10-35(11-9-17)25(38)39-26(3,4)5)33-24(37)20-13-22(27(29,30)31)32-21-7-6-18(28)12-19(20)21/h6-7,12-13,17H,8-11,14H2,1-5H3,(H,33,37). The van der Waals surface area contributed by atoms with Gasteiger partial charge in [0.15, 0.2) is 0 Å². The molecule has 1 saturated heterocycles. The maximum absolute atomic E-state index is 13.5. The Morgan fingerprint density at radius 3 is 2.41 bits per heavy atom. The molecule has 12 heteroatoms. The van der Waals surface area contributed by atoms with E-state index in [0.29, 0.717) is 46.6 Å². The number of carbonyl (C=O) groups is 2. The Balaban J connectivity index is 1.50. The Kier molecular flexibility index (Phi) is 7.98. The van der Waals surface area contributed by atoms with Crippen LogP contribution in [0.1, 0.15) is 61.1 Å². The zero-order valence-electron chi connectivity index (χ0n) is 22.4. The first-order valence-corrected chi connectivity index (χ1v) is 13.4. The average molecular weight is 610 g/mol. The van der Waals surface area contributed by atoms with E-state index in [1.54, 1.807) is 28.6 Å². The highest BCUT2D eigenvalue weighted by molar-refractivity contribution is 9.10. The highest BCUT2D eigenvalue weighted by Crippen LogP contribution is 2.33. The summed E-state index contributed by atoms with van der Waals surface area (Å²) in [5.74, 6) is -0.413. The summed E-state index contributed by atoms with van der Waals surface area (Å²) in [7, 11) is 0. The van der Waals surface area contributed by atoms with Crippen LogP contribution in [0.3, 0.4) is 0 Å². The molecule has 0 atom stereocenters. The van der Waals surface area contributed by atoms with Crippen LogP contribution in [0, 0.1) is 19.8 Å². The topological polar surface area (TPSA) is 89.4 Å². The average Bonchev–Trinajstić information content (AvgIpc) is 3.09. The van der Waals surface area contributed by atoms with Gasteiger partial charge < -0.3 is 15.0 Å². The van der Waals surface area contributed by atoms with E-state index in [2.05, 4.69) is 31.3 Å². The number of benzene rings is 1. The summed E-state index contributed by atoms with van der Waals surface area (Å²) in [6.07, 6.45) is -3.47. The highest BCUT2D eigenvalue weighted by Gasteiger charge is 2.34. The Labute approximate surface area is 233 Å². The Hall–Kier alpha value is -3.15. The van der Waals surface area contributed by atoms with Gasteiger partial charge in [0.05, 0.1) is 28.2 Å². The van der Waals surface area contributed by atoms with Gasteiger partial charge >= 0.3 is 12.3 Å². The first kappa shape index (κ1) is 28.8. The van der Waals surface area contributed by atoms with Crippen LogP contribution in [0.25, 0.3) is 10.9 Å². The molecule has 0 radical (unpaired) electrons. The van der Waals surface area contributed by atoms with Crippen molar-refractivity contribution in [2.45, 2.75) is 65.8 Å². The van der Waals surface area contributed by atoms with Gasteiger partial charge in [-0.05, 0) is 77.6 Å². The molecule has 1 N–H and O–H groups in total. The van der Waals surface area contributed by atoms with Crippen LogP contribution < -0.4 is 5.32 Å². The van der Waals surface area contributed by atoms with E-state index in [9.17, 15) is 22.8 Å². The van der Waals surface area contributed by atoms with Crippen molar-refractivity contribution in [1.82, 2.24) is 19.7 Å². The third-order valence-corrected chi connectivity index (χ3v) is 7.12. The number of alkyl halides is 3. The molecule has 1 fully saturated rings. The number of carbonyl (C=O) groups excluding carboxylic acids is 2. The third-order valence-electron chi connectivity index (χ3n) is 6.62. The van der Waals surface area contributed by atoms with E-state index in [1.807, 2.05) is 27.7 Å². The van der Waals surface area contributed by atoms with Crippen molar-refractivity contribution >= 4 is 44.5 Å². The van der Waals surface area contributed by atoms with Gasteiger partial charge in [0.25, 0.3) is 5.91 Å². The molecule has 1 aromatic carbocycles. The van der Waals surface area contributed by atoms with Gasteiger partial charge in [-0.3, -0.25) is 9.48 Å². The van der Waals surface area contributed by atoms with Crippen LogP contribution in [0.5, 0.6) is 0 Å². The van der Waals surface area contributed by atoms with Crippen molar-refractivity contribution in [1.29, 1.82) is 0 Å². The summed E-state index contributed by atoms with van der Waals surface area (Å²) in [6, 6.07) is 5.36. The quantitative estimate of drug-likeness (QED) is 0.354. The number of hydrogen-bond donors (Lipinski definition) is 1. The summed E-state index contributed by atoms with van der Waals surface area (Å²) in [5.41, 5.74) is -0.0290. The number of anilines is 1. The molecular weight excluding hydrogens is 579 g/mol. The van der Waals surface area contributed by atoms with Crippen LogP contribution in [-0.4, -0.2) is 50.4 Å². The second-order valence-corrected chi connectivity index (χ2v) is 11.7. The molecule has 1 aliphatic heterocycles. The van der Waals surface area contributed by atoms with Crippen LogP contribution in [0.15, 0.2) is 28.7 Å². The van der Waals surface area contributed by atoms with Crippen molar-refractivity contribution in [2.75, 3.05) is 18.4 Å². The lowest BCUT2D eigenvalue weighted by Gasteiger charge is -2.33. The van der Waals surface area contributed by atoms with E-state index in [0.717, 1.165) is 18.9 Å². The molecule has 4 rings (SSSR count). The zero-order chi connectivity index (χ0) is 28.7. The van der Waals surface area contributed by atoms with Crippen LogP contribution in [0.2, 0.25) is 0 Å². The summed E-state index contributed by atoms with van der Waals surface area (Å²) in [4.78, 5) is 31.1. The van der Waals surface area contributed by atoms with E-state index in [4.69, 9.17) is 4.74 Å². The number of hydrogen-bond acceptors (Lipinski definition) is 5. The predicted molar refractivity (Wildman–Crippen MR) is 145 cm³/mol. The molecule has 3 heterocycles. The Morgan fingerprint density at radius 1 is 1.13 bits per heavy atom. The Morgan fingerprint density at radius 2 is 1.79 bits per heavy atom. The monoisotopic (exact) mass is 609 g/mol. The molecule has 0 saturated carbocycles. The van der Waals surface area contributed by atoms with Gasteiger partial charge in [-0.2, -0.15) is 18.3 Å². The lowest BCUT2D eigenvalue weighted by molar-refractivity contribution is -0.141. The molecule has 2 aromatic heterocycles. The zero-order valence-corrected chi connectivity index (χ0v) is 24.0. The van der Waals surface area contributed by atoms with Crippen molar-refractivity contribution in [3.8, 4) is 0 Å². The van der Waals surface area contributed by atoms with Crippen LogP contribution >= 0.6 is 15.9 Å². The van der Waals surface area contributed by atoms with Crippen molar-refractivity contribution < 1.29 is 27.5 Å². The van der Waals surface area contributed by atoms with Gasteiger partial charge in [0.1, 0.15) is 11.3 Å². The minimum absolute atomic E-state index is 0.0695. The highest BCUT2D eigenvalue weighted by atomic mass is 79.9. The third kappa shape index (κ3) is 6.71. The fourth-order valence-electron chi connectivity index (χ4n) is 4.64. The van der Waals surface area contributed by atoms with Gasteiger partial charge in [0, 0.05) is 29.5 Å². The maximum atomic E-state index is 13.5. The number of amides is 2. The molecule has 210 valence electrons. The normalized spacial score (nSPS) is 15.1. The first-order valence-electron chi connectivity index (χ1n) is 12.6. The van der Waals surface area contributed by atoms with Gasteiger partial charge in [-0.1, -0.05) is 15.9 Å². The number of aromatic nitrogens is 3. The number of pyridine rings is 1. The van der Waals surface area contributed by atoms with E-state index < -0.39 is 23.4 Å². The number of nitrogens with one attached hydrogen (secondary N) is 1. The minimum Gasteiger partial charge on any atom is -0.444 e. The minimum atomic E-state index is -4.70. The van der Waals surface area contributed by atoms with E-state index in [-0.39, 0.29) is 23.1 Å². The molecule has 0 unspecified atom stereocenters. The fraction of sp³-hybridized carbons (Fsp3) is 0.481. The number of likely N-dealkylation sites (tertiary alicyclic amines) is 1. The summed E-state index contributed by atoms with van der Waals surface area (Å²) >= 11 is 3.31. The molecule has 8 nitrogen and oxygen atoms in total. The molecule has 1 aliphatic rings. The van der Waals surface area contributed by atoms with Gasteiger partial charge in [-0.25, -0.2) is 9.78 Å². The second-order valence-electron chi connectivity index (χ2n) is 10.8. The number of rotatable bonds is 4. The van der Waals surface area contributed by atoms with E-state index >= 15 is 0 Å². The molecule has 2 amide bonds. The van der Waals surface area contributed by atoms with E-state index in [1.165, 1.54) is 6.07 Å². The first-order chi connectivity index (χ1) is 18.1. The predicted octanol–water partition coefficient (Wildman–Crippen LogP) is 6.73. The molecule has 39 heavy (non-hydrogen) atoms. The Bertz CT molecular complexity index is 1410.